The number of hydrogen-bond acceptors (Lipinski definition) is 5. The first-order chi connectivity index (χ1) is 11.0. The van der Waals surface area contributed by atoms with Crippen LogP contribution in [-0.2, 0) is 21.3 Å². The van der Waals surface area contributed by atoms with Crippen molar-refractivity contribution in [2.45, 2.75) is 11.4 Å². The summed E-state index contributed by atoms with van der Waals surface area (Å²) >= 11 is 0. The molecule has 0 unspecified atom stereocenters. The van der Waals surface area contributed by atoms with Gasteiger partial charge in [-0.1, -0.05) is 6.07 Å². The van der Waals surface area contributed by atoms with Crippen molar-refractivity contribution >= 4 is 15.9 Å². The zero-order valence-electron chi connectivity index (χ0n) is 12.6. The fraction of sp³-hybridized carbons (Fsp3) is 0.267. The van der Waals surface area contributed by atoms with E-state index < -0.39 is 10.0 Å². The number of hydrogen-bond donors (Lipinski definition) is 2. The van der Waals surface area contributed by atoms with E-state index in [1.807, 2.05) is 0 Å². The third kappa shape index (κ3) is 4.92. The maximum atomic E-state index is 12.1. The molecule has 0 aliphatic rings. The van der Waals surface area contributed by atoms with Gasteiger partial charge in [-0.2, -0.15) is 0 Å². The Balaban J connectivity index is 2.05. The number of nitrogens with one attached hydrogen (secondary N) is 2. The van der Waals surface area contributed by atoms with Crippen molar-refractivity contribution in [1.29, 1.82) is 0 Å². The minimum Gasteiger partial charge on any atom is -0.467 e. The molecule has 0 saturated heterocycles. The molecule has 1 heterocycles. The third-order valence-electron chi connectivity index (χ3n) is 3.01. The minimum atomic E-state index is -3.68. The summed E-state index contributed by atoms with van der Waals surface area (Å²) in [5, 5.41) is 2.66. The maximum Gasteiger partial charge on any atom is 0.251 e. The summed E-state index contributed by atoms with van der Waals surface area (Å²) in [4.78, 5) is 12.1. The molecule has 7 nitrogen and oxygen atoms in total. The van der Waals surface area contributed by atoms with E-state index in [1.54, 1.807) is 18.2 Å². The molecular weight excluding hydrogens is 320 g/mol. The minimum absolute atomic E-state index is 0.0271. The van der Waals surface area contributed by atoms with Crippen LogP contribution in [0, 0.1) is 0 Å². The van der Waals surface area contributed by atoms with Crippen molar-refractivity contribution in [2.24, 2.45) is 0 Å². The Morgan fingerprint density at radius 1 is 1.26 bits per heavy atom. The van der Waals surface area contributed by atoms with Crippen LogP contribution in [0.25, 0.3) is 0 Å². The standard InChI is InChI=1S/C15H18N2O5S/c1-21-9-7-17-23(19,20)14-6-2-4-12(10-14)15(18)16-11-13-5-3-8-22-13/h2-6,8,10,17H,7,9,11H2,1H3,(H,16,18). The molecule has 0 radical (unpaired) electrons. The van der Waals surface area contributed by atoms with Crippen LogP contribution in [0.5, 0.6) is 0 Å². The van der Waals surface area contributed by atoms with E-state index in [1.165, 1.54) is 31.6 Å². The molecule has 2 rings (SSSR count). The predicted molar refractivity (Wildman–Crippen MR) is 83.4 cm³/mol. The number of sulfonamides is 1. The number of rotatable bonds is 8. The molecule has 1 aromatic heterocycles. The number of carbonyl (C=O) groups is 1. The number of furan rings is 1. The first-order valence-corrected chi connectivity index (χ1v) is 8.40. The quantitative estimate of drug-likeness (QED) is 0.703. The van der Waals surface area contributed by atoms with Gasteiger partial charge in [-0.05, 0) is 30.3 Å². The van der Waals surface area contributed by atoms with Crippen LogP contribution in [0.4, 0.5) is 0 Å². The Morgan fingerprint density at radius 2 is 2.09 bits per heavy atom. The molecule has 1 amide bonds. The summed E-state index contributed by atoms with van der Waals surface area (Å²) in [6.07, 6.45) is 1.51. The van der Waals surface area contributed by atoms with Crippen molar-refractivity contribution < 1.29 is 22.4 Å². The summed E-state index contributed by atoms with van der Waals surface area (Å²) in [6, 6.07) is 9.28. The Kier molecular flexibility index (Phi) is 5.91. The highest BCUT2D eigenvalue weighted by Crippen LogP contribution is 2.11. The van der Waals surface area contributed by atoms with Crippen molar-refractivity contribution in [3.8, 4) is 0 Å². The van der Waals surface area contributed by atoms with E-state index in [0.29, 0.717) is 5.76 Å². The number of methoxy groups -OCH3 is 1. The van der Waals surface area contributed by atoms with Gasteiger partial charge in [0.1, 0.15) is 5.76 Å². The number of amides is 1. The molecule has 0 aliphatic carbocycles. The molecule has 0 aliphatic heterocycles. The Morgan fingerprint density at radius 3 is 2.78 bits per heavy atom. The lowest BCUT2D eigenvalue weighted by Crippen LogP contribution is -2.28. The van der Waals surface area contributed by atoms with Crippen molar-refractivity contribution in [2.75, 3.05) is 20.3 Å². The SMILES string of the molecule is COCCNS(=O)(=O)c1cccc(C(=O)NCc2ccco2)c1. The summed E-state index contributed by atoms with van der Waals surface area (Å²) < 4.78 is 36.5. The highest BCUT2D eigenvalue weighted by Gasteiger charge is 2.15. The summed E-state index contributed by atoms with van der Waals surface area (Å²) in [5.74, 6) is 0.235. The van der Waals surface area contributed by atoms with Gasteiger partial charge in [0, 0.05) is 19.2 Å². The largest absolute Gasteiger partial charge is 0.467 e. The summed E-state index contributed by atoms with van der Waals surface area (Å²) in [7, 11) is -2.19. The highest BCUT2D eigenvalue weighted by atomic mass is 32.2. The van der Waals surface area contributed by atoms with Crippen LogP contribution >= 0.6 is 0 Å². The predicted octanol–water partition coefficient (Wildman–Crippen LogP) is 1.13. The summed E-state index contributed by atoms with van der Waals surface area (Å²) in [6.45, 7) is 0.658. The van der Waals surface area contributed by atoms with Crippen LogP contribution in [0.2, 0.25) is 0 Å². The maximum absolute atomic E-state index is 12.1. The van der Waals surface area contributed by atoms with Gasteiger partial charge < -0.3 is 14.5 Å². The van der Waals surface area contributed by atoms with Gasteiger partial charge in [-0.15, -0.1) is 0 Å². The first kappa shape index (κ1) is 17.2. The van der Waals surface area contributed by atoms with Crippen molar-refractivity contribution in [3.63, 3.8) is 0 Å². The highest BCUT2D eigenvalue weighted by molar-refractivity contribution is 7.89. The van der Waals surface area contributed by atoms with E-state index in [9.17, 15) is 13.2 Å². The van der Waals surface area contributed by atoms with Crippen LogP contribution in [0.1, 0.15) is 16.1 Å². The average molecular weight is 338 g/mol. The van der Waals surface area contributed by atoms with Gasteiger partial charge in [0.15, 0.2) is 0 Å². The lowest BCUT2D eigenvalue weighted by Gasteiger charge is -2.08. The lowest BCUT2D eigenvalue weighted by atomic mass is 10.2. The molecule has 23 heavy (non-hydrogen) atoms. The Hall–Kier alpha value is -2.16. The fourth-order valence-electron chi connectivity index (χ4n) is 1.85. The second kappa shape index (κ2) is 7.91. The smallest absolute Gasteiger partial charge is 0.251 e. The van der Waals surface area contributed by atoms with Gasteiger partial charge in [-0.3, -0.25) is 4.79 Å². The fourth-order valence-corrected chi connectivity index (χ4v) is 2.91. The second-order valence-electron chi connectivity index (χ2n) is 4.68. The zero-order chi connectivity index (χ0) is 16.7. The molecule has 0 fully saturated rings. The monoisotopic (exact) mass is 338 g/mol. The van der Waals surface area contributed by atoms with Gasteiger partial charge in [0.2, 0.25) is 10.0 Å². The van der Waals surface area contributed by atoms with Crippen LogP contribution < -0.4 is 10.0 Å². The van der Waals surface area contributed by atoms with E-state index >= 15 is 0 Å². The van der Waals surface area contributed by atoms with Gasteiger partial charge >= 0.3 is 0 Å². The Bertz CT molecular complexity index is 741. The first-order valence-electron chi connectivity index (χ1n) is 6.92. The van der Waals surface area contributed by atoms with Crippen molar-refractivity contribution in [1.82, 2.24) is 10.0 Å². The zero-order valence-corrected chi connectivity index (χ0v) is 13.4. The van der Waals surface area contributed by atoms with E-state index in [-0.39, 0.29) is 36.1 Å². The average Bonchev–Trinajstić information content (AvgIpc) is 3.06. The topological polar surface area (TPSA) is 97.6 Å². The molecule has 2 aromatic rings. The number of carbonyl (C=O) groups excluding carboxylic acids is 1. The summed E-state index contributed by atoms with van der Waals surface area (Å²) in [5.41, 5.74) is 0.256. The van der Waals surface area contributed by atoms with Gasteiger partial charge in [-0.25, -0.2) is 13.1 Å². The third-order valence-corrected chi connectivity index (χ3v) is 4.47. The second-order valence-corrected chi connectivity index (χ2v) is 6.45. The molecular formula is C15H18N2O5S. The van der Waals surface area contributed by atoms with Gasteiger partial charge in [0.25, 0.3) is 5.91 Å². The van der Waals surface area contributed by atoms with Crippen LogP contribution in [0.3, 0.4) is 0 Å². The molecule has 0 bridgehead atoms. The van der Waals surface area contributed by atoms with E-state index in [4.69, 9.17) is 9.15 Å². The molecule has 2 N–H and O–H groups in total. The number of ether oxygens (including phenoxy) is 1. The molecule has 0 atom stereocenters. The normalized spacial score (nSPS) is 11.3. The van der Waals surface area contributed by atoms with Crippen molar-refractivity contribution in [3.05, 3.63) is 54.0 Å². The van der Waals surface area contributed by atoms with Crippen LogP contribution in [-0.4, -0.2) is 34.6 Å². The van der Waals surface area contributed by atoms with Gasteiger partial charge in [0.05, 0.1) is 24.3 Å². The molecule has 0 saturated carbocycles. The van der Waals surface area contributed by atoms with E-state index in [2.05, 4.69) is 10.0 Å². The molecule has 1 aromatic carbocycles. The number of benzene rings is 1. The molecule has 8 heteroatoms. The molecule has 0 spiro atoms. The van der Waals surface area contributed by atoms with E-state index in [0.717, 1.165) is 0 Å². The lowest BCUT2D eigenvalue weighted by molar-refractivity contribution is 0.0948. The van der Waals surface area contributed by atoms with Crippen LogP contribution in [0.15, 0.2) is 52.0 Å². The molecule has 124 valence electrons. The Labute approximate surface area is 134 Å².